The van der Waals surface area contributed by atoms with Gasteiger partial charge >= 0.3 is 0 Å². The Bertz CT molecular complexity index is 495. The first-order valence-electron chi connectivity index (χ1n) is 5.88. The second-order valence-corrected chi connectivity index (χ2v) is 4.57. The lowest BCUT2D eigenvalue weighted by atomic mass is 10.1. The van der Waals surface area contributed by atoms with Crippen LogP contribution < -0.4 is 15.8 Å². The first-order valence-corrected chi connectivity index (χ1v) is 6.26. The van der Waals surface area contributed by atoms with E-state index >= 15 is 0 Å². The molecule has 0 saturated carbocycles. The molecule has 5 heteroatoms. The minimum Gasteiger partial charge on any atom is -0.479 e. The highest BCUT2D eigenvalue weighted by molar-refractivity contribution is 6.32. The monoisotopic (exact) mass is 280 g/mol. The smallest absolute Gasteiger partial charge is 0.261 e. The van der Waals surface area contributed by atoms with Gasteiger partial charge in [-0.05, 0) is 31.5 Å². The Kier molecular flexibility index (Phi) is 5.68. The number of ether oxygens (including phenoxy) is 1. The van der Waals surface area contributed by atoms with E-state index in [0.29, 0.717) is 10.8 Å². The molecular weight excluding hydrogens is 264 g/mol. The van der Waals surface area contributed by atoms with Crippen molar-refractivity contribution in [2.24, 2.45) is 5.73 Å². The van der Waals surface area contributed by atoms with Crippen molar-refractivity contribution in [2.75, 3.05) is 6.54 Å². The van der Waals surface area contributed by atoms with E-state index in [1.165, 1.54) is 0 Å². The van der Waals surface area contributed by atoms with Crippen LogP contribution in [0.4, 0.5) is 0 Å². The minimum atomic E-state index is -0.674. The van der Waals surface area contributed by atoms with Crippen molar-refractivity contribution in [3.05, 3.63) is 28.8 Å². The summed E-state index contributed by atoms with van der Waals surface area (Å²) in [6, 6.07) is 5.14. The van der Waals surface area contributed by atoms with Gasteiger partial charge in [0.15, 0.2) is 6.10 Å². The van der Waals surface area contributed by atoms with Gasteiger partial charge in [-0.1, -0.05) is 23.6 Å². The molecule has 2 atom stereocenters. The number of carbonyl (C=O) groups is 1. The molecule has 0 spiro atoms. The molecule has 19 heavy (non-hydrogen) atoms. The Morgan fingerprint density at radius 1 is 1.58 bits per heavy atom. The third-order valence-corrected chi connectivity index (χ3v) is 2.81. The zero-order valence-corrected chi connectivity index (χ0v) is 11.7. The van der Waals surface area contributed by atoms with Gasteiger partial charge in [0.05, 0.1) is 11.6 Å². The highest BCUT2D eigenvalue weighted by Gasteiger charge is 2.15. The summed E-state index contributed by atoms with van der Waals surface area (Å²) in [7, 11) is 0. The third kappa shape index (κ3) is 4.47. The van der Waals surface area contributed by atoms with Crippen LogP contribution in [0.2, 0.25) is 5.02 Å². The minimum absolute atomic E-state index is 0.108. The van der Waals surface area contributed by atoms with Gasteiger partial charge in [-0.3, -0.25) is 4.79 Å². The lowest BCUT2D eigenvalue weighted by molar-refractivity contribution is -0.126. The maximum Gasteiger partial charge on any atom is 0.261 e. The fourth-order valence-corrected chi connectivity index (χ4v) is 1.66. The van der Waals surface area contributed by atoms with E-state index in [1.807, 2.05) is 13.0 Å². The van der Waals surface area contributed by atoms with Crippen LogP contribution in [0.3, 0.4) is 0 Å². The number of halogens is 1. The number of terminal acetylenes is 1. The maximum absolute atomic E-state index is 11.6. The van der Waals surface area contributed by atoms with Crippen LogP contribution in [0.25, 0.3) is 0 Å². The summed E-state index contributed by atoms with van der Waals surface area (Å²) in [6.07, 6.45) is 4.39. The molecule has 0 aliphatic heterocycles. The third-order valence-electron chi connectivity index (χ3n) is 2.52. The highest BCUT2D eigenvalue weighted by atomic mass is 35.5. The molecule has 0 saturated heterocycles. The van der Waals surface area contributed by atoms with Gasteiger partial charge in [-0.15, -0.1) is 6.42 Å². The van der Waals surface area contributed by atoms with Crippen molar-refractivity contribution in [3.8, 4) is 18.1 Å². The number of nitrogens with two attached hydrogens (primary N) is 1. The average molecular weight is 281 g/mol. The summed E-state index contributed by atoms with van der Waals surface area (Å²) in [5, 5.41) is 2.96. The van der Waals surface area contributed by atoms with Crippen LogP contribution in [0, 0.1) is 12.3 Å². The van der Waals surface area contributed by atoms with Crippen LogP contribution in [0.1, 0.15) is 25.5 Å². The molecule has 1 amide bonds. The van der Waals surface area contributed by atoms with Gasteiger partial charge in [0.1, 0.15) is 5.75 Å². The molecule has 0 radical (unpaired) electrons. The quantitative estimate of drug-likeness (QED) is 0.810. The number of hydrogen-bond donors (Lipinski definition) is 2. The van der Waals surface area contributed by atoms with Gasteiger partial charge in [0, 0.05) is 6.04 Å². The summed E-state index contributed by atoms with van der Waals surface area (Å²) >= 11 is 6.08. The number of rotatable bonds is 5. The number of amides is 1. The Morgan fingerprint density at radius 2 is 2.26 bits per heavy atom. The zero-order valence-electron chi connectivity index (χ0n) is 10.9. The predicted octanol–water partition coefficient (Wildman–Crippen LogP) is 1.88. The second-order valence-electron chi connectivity index (χ2n) is 4.16. The molecule has 1 unspecified atom stereocenters. The standard InChI is InChI=1S/C14H17ClN2O2/c1-4-7-17-14(18)10(3)19-13-6-5-11(9(2)16)8-12(13)15/h1,5-6,8-10H,7,16H2,2-3H3,(H,17,18)/t9-,10?/m1/s1. The van der Waals surface area contributed by atoms with E-state index in [2.05, 4.69) is 11.2 Å². The van der Waals surface area contributed by atoms with Crippen molar-refractivity contribution in [2.45, 2.75) is 26.0 Å². The van der Waals surface area contributed by atoms with Gasteiger partial charge < -0.3 is 15.8 Å². The van der Waals surface area contributed by atoms with E-state index in [4.69, 9.17) is 28.5 Å². The van der Waals surface area contributed by atoms with E-state index in [-0.39, 0.29) is 18.5 Å². The average Bonchev–Trinajstić information content (AvgIpc) is 2.37. The van der Waals surface area contributed by atoms with Gasteiger partial charge in [0.25, 0.3) is 5.91 Å². The van der Waals surface area contributed by atoms with E-state index in [0.717, 1.165) is 5.56 Å². The number of nitrogens with one attached hydrogen (secondary N) is 1. The molecule has 0 aliphatic carbocycles. The van der Waals surface area contributed by atoms with E-state index in [9.17, 15) is 4.79 Å². The Labute approximate surface area is 118 Å². The topological polar surface area (TPSA) is 64.3 Å². The van der Waals surface area contributed by atoms with Crippen molar-refractivity contribution in [1.82, 2.24) is 5.32 Å². The van der Waals surface area contributed by atoms with Crippen molar-refractivity contribution in [1.29, 1.82) is 0 Å². The fraction of sp³-hybridized carbons (Fsp3) is 0.357. The normalized spacial score (nSPS) is 13.2. The van der Waals surface area contributed by atoms with Gasteiger partial charge in [0.2, 0.25) is 0 Å². The Hall–Kier alpha value is -1.70. The summed E-state index contributed by atoms with van der Waals surface area (Å²) < 4.78 is 5.49. The van der Waals surface area contributed by atoms with Crippen molar-refractivity contribution < 1.29 is 9.53 Å². The zero-order chi connectivity index (χ0) is 14.4. The molecule has 102 valence electrons. The van der Waals surface area contributed by atoms with E-state index < -0.39 is 6.10 Å². The molecule has 0 aromatic heterocycles. The molecule has 0 fully saturated rings. The lowest BCUT2D eigenvalue weighted by Crippen LogP contribution is -2.36. The molecule has 4 nitrogen and oxygen atoms in total. The summed E-state index contributed by atoms with van der Waals surface area (Å²) in [4.78, 5) is 11.6. The molecule has 0 aliphatic rings. The van der Waals surface area contributed by atoms with Crippen molar-refractivity contribution in [3.63, 3.8) is 0 Å². The largest absolute Gasteiger partial charge is 0.479 e. The second kappa shape index (κ2) is 7.03. The number of benzene rings is 1. The Balaban J connectivity index is 2.72. The maximum atomic E-state index is 11.6. The van der Waals surface area contributed by atoms with Crippen molar-refractivity contribution >= 4 is 17.5 Å². The molecular formula is C14H17ClN2O2. The summed E-state index contributed by atoms with van der Waals surface area (Å²) in [5.41, 5.74) is 6.66. The Morgan fingerprint density at radius 3 is 2.79 bits per heavy atom. The molecule has 1 aromatic rings. The first-order chi connectivity index (χ1) is 8.95. The fourth-order valence-electron chi connectivity index (χ4n) is 1.42. The van der Waals surface area contributed by atoms with Crippen LogP contribution in [0.5, 0.6) is 5.75 Å². The molecule has 1 aromatic carbocycles. The number of carbonyl (C=O) groups excluding carboxylic acids is 1. The summed E-state index contributed by atoms with van der Waals surface area (Å²) in [5.74, 6) is 2.47. The molecule has 0 bridgehead atoms. The highest BCUT2D eigenvalue weighted by Crippen LogP contribution is 2.28. The lowest BCUT2D eigenvalue weighted by Gasteiger charge is -2.16. The number of hydrogen-bond acceptors (Lipinski definition) is 3. The molecule has 0 heterocycles. The SMILES string of the molecule is C#CCNC(=O)C(C)Oc1ccc([C@@H](C)N)cc1Cl. The van der Waals surface area contributed by atoms with E-state index in [1.54, 1.807) is 19.1 Å². The van der Waals surface area contributed by atoms with Crippen LogP contribution in [-0.4, -0.2) is 18.6 Å². The van der Waals surface area contributed by atoms with Crippen LogP contribution >= 0.6 is 11.6 Å². The summed E-state index contributed by atoms with van der Waals surface area (Å²) in [6.45, 7) is 3.66. The van der Waals surface area contributed by atoms with Gasteiger partial charge in [-0.2, -0.15) is 0 Å². The molecule has 1 rings (SSSR count). The predicted molar refractivity (Wildman–Crippen MR) is 76.0 cm³/mol. The van der Waals surface area contributed by atoms with Crippen LogP contribution in [0.15, 0.2) is 18.2 Å². The molecule has 3 N–H and O–H groups in total. The van der Waals surface area contributed by atoms with Crippen LogP contribution in [-0.2, 0) is 4.79 Å². The first kappa shape index (κ1) is 15.4. The van der Waals surface area contributed by atoms with Gasteiger partial charge in [-0.25, -0.2) is 0 Å².